The van der Waals surface area contributed by atoms with Gasteiger partial charge in [-0.2, -0.15) is 4.98 Å². The van der Waals surface area contributed by atoms with Gasteiger partial charge < -0.3 is 19.3 Å². The Morgan fingerprint density at radius 1 is 1.37 bits per heavy atom. The summed E-state index contributed by atoms with van der Waals surface area (Å²) in [6, 6.07) is 0. The van der Waals surface area contributed by atoms with Crippen LogP contribution in [0.4, 0.5) is 0 Å². The van der Waals surface area contributed by atoms with Gasteiger partial charge in [0.25, 0.3) is 0 Å². The van der Waals surface area contributed by atoms with E-state index >= 15 is 0 Å². The summed E-state index contributed by atoms with van der Waals surface area (Å²) in [5, 5.41) is 7.38. The van der Waals surface area contributed by atoms with E-state index in [0.29, 0.717) is 32.2 Å². The molecule has 19 heavy (non-hydrogen) atoms. The second-order valence-corrected chi connectivity index (χ2v) is 4.88. The fourth-order valence-corrected chi connectivity index (χ4v) is 2.23. The van der Waals surface area contributed by atoms with Crippen molar-refractivity contribution in [1.82, 2.24) is 15.5 Å². The zero-order valence-corrected chi connectivity index (χ0v) is 11.6. The van der Waals surface area contributed by atoms with Gasteiger partial charge in [-0.25, -0.2) is 0 Å². The van der Waals surface area contributed by atoms with Crippen molar-refractivity contribution in [2.45, 2.75) is 25.7 Å². The Hall–Kier alpha value is -0.980. The smallest absolute Gasteiger partial charge is 0.226 e. The number of nitrogens with one attached hydrogen (secondary N) is 1. The number of methoxy groups -OCH3 is 1. The second-order valence-electron chi connectivity index (χ2n) is 4.88. The molecule has 0 amide bonds. The Morgan fingerprint density at radius 2 is 2.32 bits per heavy atom. The van der Waals surface area contributed by atoms with Gasteiger partial charge in [0, 0.05) is 20.0 Å². The minimum absolute atomic E-state index is 0.604. The second kappa shape index (κ2) is 8.24. The van der Waals surface area contributed by atoms with Gasteiger partial charge in [-0.05, 0) is 31.8 Å². The molecule has 1 saturated heterocycles. The number of aromatic nitrogens is 2. The Morgan fingerprint density at radius 3 is 3.11 bits per heavy atom. The molecule has 6 heteroatoms. The highest BCUT2D eigenvalue weighted by Gasteiger charge is 2.17. The molecule has 1 N–H and O–H groups in total. The van der Waals surface area contributed by atoms with Gasteiger partial charge in [0.05, 0.1) is 19.8 Å². The van der Waals surface area contributed by atoms with Gasteiger partial charge >= 0.3 is 0 Å². The van der Waals surface area contributed by atoms with E-state index in [9.17, 15) is 0 Å². The summed E-state index contributed by atoms with van der Waals surface area (Å²) in [6.45, 7) is 4.01. The molecule has 1 unspecified atom stereocenters. The monoisotopic (exact) mass is 269 g/mol. The first-order valence-corrected chi connectivity index (χ1v) is 6.97. The molecule has 1 aliphatic rings. The lowest BCUT2D eigenvalue weighted by molar-refractivity contribution is 0.0714. The van der Waals surface area contributed by atoms with E-state index in [4.69, 9.17) is 14.0 Å². The van der Waals surface area contributed by atoms with Gasteiger partial charge in [-0.15, -0.1) is 0 Å². The summed E-state index contributed by atoms with van der Waals surface area (Å²) in [5.74, 6) is 2.11. The van der Waals surface area contributed by atoms with Gasteiger partial charge in [-0.1, -0.05) is 5.16 Å². The lowest BCUT2D eigenvalue weighted by Gasteiger charge is -2.20. The number of piperidine rings is 1. The van der Waals surface area contributed by atoms with Crippen LogP contribution in [0, 0.1) is 5.92 Å². The van der Waals surface area contributed by atoms with Gasteiger partial charge in [0.15, 0.2) is 5.82 Å². The molecule has 0 saturated carbocycles. The molecular weight excluding hydrogens is 246 g/mol. The zero-order valence-electron chi connectivity index (χ0n) is 11.6. The van der Waals surface area contributed by atoms with Crippen LogP contribution in [0.15, 0.2) is 4.52 Å². The highest BCUT2D eigenvalue weighted by atomic mass is 16.5. The van der Waals surface area contributed by atoms with Crippen LogP contribution in [0.25, 0.3) is 0 Å². The van der Waals surface area contributed by atoms with Crippen molar-refractivity contribution < 1.29 is 14.0 Å². The summed E-state index contributed by atoms with van der Waals surface area (Å²) < 4.78 is 15.6. The summed E-state index contributed by atoms with van der Waals surface area (Å²) in [7, 11) is 1.66. The number of hydrogen-bond donors (Lipinski definition) is 1. The van der Waals surface area contributed by atoms with E-state index in [1.165, 1.54) is 12.8 Å². The largest absolute Gasteiger partial charge is 0.382 e. The van der Waals surface area contributed by atoms with Crippen LogP contribution >= 0.6 is 0 Å². The maximum Gasteiger partial charge on any atom is 0.226 e. The molecule has 0 aromatic carbocycles. The highest BCUT2D eigenvalue weighted by molar-refractivity contribution is 4.89. The average Bonchev–Trinajstić information content (AvgIpc) is 2.87. The summed E-state index contributed by atoms with van der Waals surface area (Å²) >= 11 is 0. The molecule has 0 bridgehead atoms. The normalized spacial score (nSPS) is 19.7. The molecule has 2 heterocycles. The predicted molar refractivity (Wildman–Crippen MR) is 70.0 cm³/mol. The predicted octanol–water partition coefficient (Wildman–Crippen LogP) is 0.817. The van der Waals surface area contributed by atoms with E-state index < -0.39 is 0 Å². The molecule has 1 aromatic heterocycles. The number of nitrogens with zero attached hydrogens (tertiary/aromatic N) is 2. The molecule has 0 radical (unpaired) electrons. The Labute approximate surface area is 113 Å². The standard InChI is InChI=1S/C13H23N3O3/c1-17-7-8-18-6-4-12-15-13(19-16-12)9-11-3-2-5-14-10-11/h11,14H,2-10H2,1H3. The fourth-order valence-electron chi connectivity index (χ4n) is 2.23. The molecular formula is C13H23N3O3. The minimum Gasteiger partial charge on any atom is -0.382 e. The quantitative estimate of drug-likeness (QED) is 0.705. The first-order chi connectivity index (χ1) is 9.38. The van der Waals surface area contributed by atoms with Crippen LogP contribution in [-0.4, -0.2) is 50.2 Å². The fraction of sp³-hybridized carbons (Fsp3) is 0.846. The van der Waals surface area contributed by atoms with Crippen LogP contribution in [0.1, 0.15) is 24.6 Å². The van der Waals surface area contributed by atoms with Crippen molar-refractivity contribution in [2.24, 2.45) is 5.92 Å². The van der Waals surface area contributed by atoms with E-state index in [0.717, 1.165) is 31.2 Å². The molecule has 1 aliphatic heterocycles. The molecule has 1 aromatic rings. The average molecular weight is 269 g/mol. The van der Waals surface area contributed by atoms with Crippen molar-refractivity contribution >= 4 is 0 Å². The van der Waals surface area contributed by atoms with E-state index in [1.807, 2.05) is 0 Å². The molecule has 2 rings (SSSR count). The molecule has 0 aliphatic carbocycles. The van der Waals surface area contributed by atoms with Crippen molar-refractivity contribution in [3.05, 3.63) is 11.7 Å². The van der Waals surface area contributed by atoms with Crippen LogP contribution < -0.4 is 5.32 Å². The highest BCUT2D eigenvalue weighted by Crippen LogP contribution is 2.15. The van der Waals surface area contributed by atoms with E-state index in [-0.39, 0.29) is 0 Å². The van der Waals surface area contributed by atoms with E-state index in [1.54, 1.807) is 7.11 Å². The lowest BCUT2D eigenvalue weighted by atomic mass is 9.96. The van der Waals surface area contributed by atoms with Crippen LogP contribution in [0.2, 0.25) is 0 Å². The van der Waals surface area contributed by atoms with Crippen molar-refractivity contribution in [2.75, 3.05) is 40.0 Å². The third-order valence-corrected chi connectivity index (χ3v) is 3.27. The number of ether oxygens (including phenoxy) is 2. The van der Waals surface area contributed by atoms with Crippen molar-refractivity contribution in [3.63, 3.8) is 0 Å². The third kappa shape index (κ3) is 5.26. The molecule has 1 fully saturated rings. The van der Waals surface area contributed by atoms with Gasteiger partial charge in [-0.3, -0.25) is 0 Å². The number of hydrogen-bond acceptors (Lipinski definition) is 6. The van der Waals surface area contributed by atoms with Crippen LogP contribution in [0.3, 0.4) is 0 Å². The first-order valence-electron chi connectivity index (χ1n) is 6.97. The van der Waals surface area contributed by atoms with E-state index in [2.05, 4.69) is 15.5 Å². The molecule has 108 valence electrons. The van der Waals surface area contributed by atoms with Crippen LogP contribution in [0.5, 0.6) is 0 Å². The summed E-state index contributed by atoms with van der Waals surface area (Å²) in [5.41, 5.74) is 0. The minimum atomic E-state index is 0.604. The summed E-state index contributed by atoms with van der Waals surface area (Å²) in [4.78, 5) is 4.41. The maximum absolute atomic E-state index is 5.38. The molecule has 6 nitrogen and oxygen atoms in total. The topological polar surface area (TPSA) is 69.4 Å². The maximum atomic E-state index is 5.38. The van der Waals surface area contributed by atoms with Gasteiger partial charge in [0.2, 0.25) is 5.89 Å². The SMILES string of the molecule is COCCOCCc1noc(CC2CCCNC2)n1. The Bertz CT molecular complexity index is 351. The number of rotatable bonds is 8. The zero-order chi connectivity index (χ0) is 13.3. The molecule has 0 spiro atoms. The van der Waals surface area contributed by atoms with Crippen LogP contribution in [-0.2, 0) is 22.3 Å². The lowest BCUT2D eigenvalue weighted by Crippen LogP contribution is -2.30. The Kier molecular flexibility index (Phi) is 6.26. The van der Waals surface area contributed by atoms with Gasteiger partial charge in [0.1, 0.15) is 0 Å². The first kappa shape index (κ1) is 14.4. The molecule has 1 atom stereocenters. The summed E-state index contributed by atoms with van der Waals surface area (Å²) in [6.07, 6.45) is 4.05. The third-order valence-electron chi connectivity index (χ3n) is 3.27. The van der Waals surface area contributed by atoms with Crippen molar-refractivity contribution in [3.8, 4) is 0 Å². The van der Waals surface area contributed by atoms with Crippen molar-refractivity contribution in [1.29, 1.82) is 0 Å². The Balaban J connectivity index is 1.66.